The molecule has 3 nitrogen and oxygen atoms in total. The van der Waals surface area contributed by atoms with E-state index >= 15 is 0 Å². The Hall–Kier alpha value is -3.59. The monoisotopic (exact) mass is 367 g/mol. The first kappa shape index (κ1) is 17.8. The predicted molar refractivity (Wildman–Crippen MR) is 115 cm³/mol. The molecule has 0 aliphatic carbocycles. The molecule has 138 valence electrons. The van der Waals surface area contributed by atoms with Crippen molar-refractivity contribution in [1.29, 1.82) is 0 Å². The van der Waals surface area contributed by atoms with Gasteiger partial charge in [0.15, 0.2) is 0 Å². The van der Waals surface area contributed by atoms with Crippen molar-refractivity contribution in [2.45, 2.75) is 6.92 Å². The van der Waals surface area contributed by atoms with E-state index in [-0.39, 0.29) is 12.3 Å². The fourth-order valence-corrected chi connectivity index (χ4v) is 3.63. The summed E-state index contributed by atoms with van der Waals surface area (Å²) in [6.45, 7) is 2.05. The van der Waals surface area contributed by atoms with Gasteiger partial charge >= 0.3 is 5.97 Å². The van der Waals surface area contributed by atoms with Gasteiger partial charge in [0.05, 0.1) is 6.61 Å². The molecule has 0 saturated carbocycles. The van der Waals surface area contributed by atoms with Crippen LogP contribution in [0.1, 0.15) is 18.1 Å². The Morgan fingerprint density at radius 1 is 0.750 bits per heavy atom. The van der Waals surface area contributed by atoms with Gasteiger partial charge < -0.3 is 10.5 Å². The molecule has 3 heteroatoms. The molecule has 0 spiro atoms. The summed E-state index contributed by atoms with van der Waals surface area (Å²) in [6.07, 6.45) is 0. The molecule has 0 atom stereocenters. The minimum Gasteiger partial charge on any atom is -0.461 e. The van der Waals surface area contributed by atoms with Crippen LogP contribution in [0.5, 0.6) is 0 Å². The highest BCUT2D eigenvalue weighted by Gasteiger charge is 2.20. The number of benzene rings is 4. The molecule has 0 unspecified atom stereocenters. The summed E-state index contributed by atoms with van der Waals surface area (Å²) in [7, 11) is 0. The maximum Gasteiger partial charge on any atom is 0.354 e. The van der Waals surface area contributed by atoms with E-state index in [2.05, 4.69) is 24.3 Å². The van der Waals surface area contributed by atoms with Gasteiger partial charge in [-0.05, 0) is 39.6 Å². The molecule has 4 aromatic carbocycles. The molecule has 0 saturated heterocycles. The lowest BCUT2D eigenvalue weighted by Crippen LogP contribution is -2.17. The lowest BCUT2D eigenvalue weighted by molar-refractivity contribution is -0.138. The Morgan fingerprint density at radius 3 is 1.71 bits per heavy atom. The summed E-state index contributed by atoms with van der Waals surface area (Å²) in [5.74, 6) is -0.502. The first-order chi connectivity index (χ1) is 13.7. The lowest BCUT2D eigenvalue weighted by Gasteiger charge is -2.16. The normalized spacial score (nSPS) is 10.8. The molecule has 4 aromatic rings. The highest BCUT2D eigenvalue weighted by atomic mass is 16.5. The average Bonchev–Trinajstić information content (AvgIpc) is 2.74. The van der Waals surface area contributed by atoms with Gasteiger partial charge in [0, 0.05) is 5.57 Å². The Bertz CT molecular complexity index is 1120. The SMILES string of the molecule is CCOC(=O)C(N)=C(c1cccc2ccccc12)c1cccc2ccccc12. The predicted octanol–water partition coefficient (Wildman–Crippen LogP) is 5.27. The summed E-state index contributed by atoms with van der Waals surface area (Å²) < 4.78 is 5.23. The second kappa shape index (κ2) is 7.57. The van der Waals surface area contributed by atoms with Crippen molar-refractivity contribution in [3.63, 3.8) is 0 Å². The fraction of sp³-hybridized carbons (Fsp3) is 0.0800. The molecular formula is C25H21NO2. The van der Waals surface area contributed by atoms with Crippen molar-refractivity contribution in [1.82, 2.24) is 0 Å². The molecule has 0 heterocycles. The molecular weight excluding hydrogens is 346 g/mol. The van der Waals surface area contributed by atoms with Crippen molar-refractivity contribution < 1.29 is 9.53 Å². The second-order valence-electron chi connectivity index (χ2n) is 6.56. The zero-order chi connectivity index (χ0) is 19.5. The standard InChI is InChI=1S/C25H21NO2/c1-2-28-25(27)24(26)23(21-15-7-11-17-9-3-5-13-19(17)21)22-16-8-12-18-10-4-6-14-20(18)22/h3-16H,2,26H2,1H3. The van der Waals surface area contributed by atoms with Gasteiger partial charge in [0.1, 0.15) is 5.70 Å². The fourth-order valence-electron chi connectivity index (χ4n) is 3.63. The number of carbonyl (C=O) groups excluding carboxylic acids is 1. The molecule has 4 rings (SSSR count). The van der Waals surface area contributed by atoms with Crippen molar-refractivity contribution in [2.24, 2.45) is 5.73 Å². The van der Waals surface area contributed by atoms with Crippen LogP contribution in [0.3, 0.4) is 0 Å². The summed E-state index contributed by atoms with van der Waals surface area (Å²) >= 11 is 0. The van der Waals surface area contributed by atoms with Crippen LogP contribution in [0.2, 0.25) is 0 Å². The zero-order valence-electron chi connectivity index (χ0n) is 15.7. The van der Waals surface area contributed by atoms with Gasteiger partial charge in [-0.3, -0.25) is 0 Å². The minimum absolute atomic E-state index is 0.120. The van der Waals surface area contributed by atoms with E-state index in [0.29, 0.717) is 5.57 Å². The van der Waals surface area contributed by atoms with Crippen LogP contribution in [0.4, 0.5) is 0 Å². The summed E-state index contributed by atoms with van der Waals surface area (Å²) in [5, 5.41) is 4.27. The third kappa shape index (κ3) is 3.12. The molecule has 0 radical (unpaired) electrons. The highest BCUT2D eigenvalue weighted by Crippen LogP contribution is 2.35. The highest BCUT2D eigenvalue weighted by molar-refractivity contribution is 6.10. The third-order valence-electron chi connectivity index (χ3n) is 4.88. The van der Waals surface area contributed by atoms with E-state index < -0.39 is 5.97 Å². The summed E-state index contributed by atoms with van der Waals surface area (Å²) in [6, 6.07) is 28.3. The number of rotatable bonds is 4. The van der Waals surface area contributed by atoms with Gasteiger partial charge in [-0.15, -0.1) is 0 Å². The van der Waals surface area contributed by atoms with Crippen LogP contribution in [-0.2, 0) is 9.53 Å². The number of nitrogens with two attached hydrogens (primary N) is 1. The van der Waals surface area contributed by atoms with Crippen molar-refractivity contribution in [3.8, 4) is 0 Å². The number of hydrogen-bond donors (Lipinski definition) is 1. The van der Waals surface area contributed by atoms with Gasteiger partial charge in [-0.2, -0.15) is 0 Å². The Labute approximate surface area is 164 Å². The lowest BCUT2D eigenvalue weighted by atomic mass is 9.89. The van der Waals surface area contributed by atoms with Crippen molar-refractivity contribution >= 4 is 33.1 Å². The van der Waals surface area contributed by atoms with Gasteiger partial charge in [0.2, 0.25) is 0 Å². The minimum atomic E-state index is -0.502. The van der Waals surface area contributed by atoms with E-state index in [1.807, 2.05) is 60.7 Å². The van der Waals surface area contributed by atoms with Gasteiger partial charge in [-0.1, -0.05) is 84.9 Å². The summed E-state index contributed by atoms with van der Waals surface area (Å²) in [4.78, 5) is 12.6. The first-order valence-electron chi connectivity index (χ1n) is 9.34. The van der Waals surface area contributed by atoms with Gasteiger partial charge in [-0.25, -0.2) is 4.79 Å². The van der Waals surface area contributed by atoms with Crippen LogP contribution in [0.15, 0.2) is 90.6 Å². The Balaban J connectivity index is 2.08. The summed E-state index contributed by atoms with van der Waals surface area (Å²) in [5.41, 5.74) is 9.05. The van der Waals surface area contributed by atoms with E-state index in [4.69, 9.17) is 10.5 Å². The second-order valence-corrected chi connectivity index (χ2v) is 6.56. The maximum atomic E-state index is 12.6. The Morgan fingerprint density at radius 2 is 1.21 bits per heavy atom. The van der Waals surface area contributed by atoms with Crippen molar-refractivity contribution in [2.75, 3.05) is 6.61 Å². The van der Waals surface area contributed by atoms with Crippen molar-refractivity contribution in [3.05, 3.63) is 102 Å². The number of ether oxygens (including phenoxy) is 1. The Kier molecular flexibility index (Phi) is 4.81. The van der Waals surface area contributed by atoms with Crippen LogP contribution < -0.4 is 5.73 Å². The number of carbonyl (C=O) groups is 1. The topological polar surface area (TPSA) is 52.3 Å². The smallest absolute Gasteiger partial charge is 0.354 e. The molecule has 0 bridgehead atoms. The molecule has 0 aromatic heterocycles. The number of esters is 1. The quantitative estimate of drug-likeness (QED) is 0.395. The third-order valence-corrected chi connectivity index (χ3v) is 4.88. The van der Waals surface area contributed by atoms with E-state index in [1.54, 1.807) is 6.92 Å². The van der Waals surface area contributed by atoms with Crippen LogP contribution in [0, 0.1) is 0 Å². The van der Waals surface area contributed by atoms with E-state index in [0.717, 1.165) is 32.7 Å². The number of fused-ring (bicyclic) bond motifs is 2. The number of hydrogen-bond acceptors (Lipinski definition) is 3. The molecule has 2 N–H and O–H groups in total. The average molecular weight is 367 g/mol. The molecule has 0 aliphatic heterocycles. The molecule has 0 amide bonds. The zero-order valence-corrected chi connectivity index (χ0v) is 15.7. The first-order valence-corrected chi connectivity index (χ1v) is 9.34. The van der Waals surface area contributed by atoms with E-state index in [1.165, 1.54) is 0 Å². The largest absolute Gasteiger partial charge is 0.461 e. The van der Waals surface area contributed by atoms with Crippen LogP contribution >= 0.6 is 0 Å². The van der Waals surface area contributed by atoms with Crippen LogP contribution in [0.25, 0.3) is 27.1 Å². The van der Waals surface area contributed by atoms with E-state index in [9.17, 15) is 4.79 Å². The van der Waals surface area contributed by atoms with Gasteiger partial charge in [0.25, 0.3) is 0 Å². The molecule has 0 fully saturated rings. The molecule has 28 heavy (non-hydrogen) atoms. The van der Waals surface area contributed by atoms with Crippen LogP contribution in [-0.4, -0.2) is 12.6 Å². The maximum absolute atomic E-state index is 12.6. The molecule has 0 aliphatic rings.